The van der Waals surface area contributed by atoms with Crippen LogP contribution in [0.25, 0.3) is 22.1 Å². The number of anilines is 2. The van der Waals surface area contributed by atoms with E-state index in [4.69, 9.17) is 14.0 Å². The van der Waals surface area contributed by atoms with Gasteiger partial charge >= 0.3 is 18.5 Å². The number of para-hydroxylation sites is 2. The summed E-state index contributed by atoms with van der Waals surface area (Å²) < 4.78 is 71.4. The van der Waals surface area contributed by atoms with E-state index in [1.807, 2.05) is 0 Å². The molecule has 10 nitrogen and oxygen atoms in total. The van der Waals surface area contributed by atoms with E-state index in [2.05, 4.69) is 20.0 Å². The molecule has 0 saturated heterocycles. The quantitative estimate of drug-likeness (QED) is 0.438. The lowest BCUT2D eigenvalue weighted by molar-refractivity contribution is -0.274. The highest BCUT2D eigenvalue weighted by Crippen LogP contribution is 2.29. The maximum atomic E-state index is 12.4. The normalized spacial score (nSPS) is 11.6. The highest BCUT2D eigenvalue weighted by Gasteiger charge is 2.31. The Morgan fingerprint density at radius 3 is 2.48 bits per heavy atom. The van der Waals surface area contributed by atoms with E-state index in [-0.39, 0.29) is 36.0 Å². The van der Waals surface area contributed by atoms with Crippen LogP contribution in [0.2, 0.25) is 0 Å². The first-order chi connectivity index (χ1) is 15.5. The van der Waals surface area contributed by atoms with Crippen LogP contribution < -0.4 is 10.1 Å². The number of halogens is 3. The number of imidazole rings is 1. The summed E-state index contributed by atoms with van der Waals surface area (Å²) in [7, 11) is -3.22. The molecule has 0 spiro atoms. The van der Waals surface area contributed by atoms with E-state index >= 15 is 0 Å². The highest BCUT2D eigenvalue weighted by atomic mass is 32.2. The fraction of sp³-hybridized carbons (Fsp3) is 0.211. The first kappa shape index (κ1) is 23.8. The minimum atomic E-state index is -4.82. The Balaban J connectivity index is 0.000000968. The SMILES string of the molecule is CS(=O)(=O)CCn1c(Nc2nc3ccc(OC(F)(F)F)cc3o2)nc2ccccc21.O=C=O. The number of oxazole rings is 1. The van der Waals surface area contributed by atoms with Gasteiger partial charge in [-0.05, 0) is 24.3 Å². The van der Waals surface area contributed by atoms with Gasteiger partial charge in [0, 0.05) is 18.9 Å². The third-order valence-electron chi connectivity index (χ3n) is 4.15. The van der Waals surface area contributed by atoms with Crippen molar-refractivity contribution in [3.05, 3.63) is 42.5 Å². The molecule has 4 rings (SSSR count). The number of hydrogen-bond donors (Lipinski definition) is 1. The predicted octanol–water partition coefficient (Wildman–Crippen LogP) is 3.28. The zero-order chi connectivity index (χ0) is 24.2. The lowest BCUT2D eigenvalue weighted by Crippen LogP contribution is -2.16. The van der Waals surface area contributed by atoms with Gasteiger partial charge in [0.1, 0.15) is 21.1 Å². The highest BCUT2D eigenvalue weighted by molar-refractivity contribution is 7.90. The maximum absolute atomic E-state index is 12.4. The molecule has 2 heterocycles. The van der Waals surface area contributed by atoms with Crippen LogP contribution in [0.1, 0.15) is 0 Å². The summed E-state index contributed by atoms with van der Waals surface area (Å²) >= 11 is 0. The van der Waals surface area contributed by atoms with Gasteiger partial charge in [-0.15, -0.1) is 13.2 Å². The van der Waals surface area contributed by atoms with Crippen molar-refractivity contribution in [1.82, 2.24) is 14.5 Å². The molecular weight excluding hydrogens is 469 g/mol. The standard InChI is InChI=1S/C18H15F3N4O4S.CO2/c1-30(26,27)9-8-25-14-5-3-2-4-12(14)22-16(25)24-17-23-13-7-6-11(10-15(13)28-17)29-18(19,20)21;2-1-3/h2-7,10H,8-9H2,1H3,(H,22,23,24);. The van der Waals surface area contributed by atoms with E-state index in [1.165, 1.54) is 6.07 Å². The molecule has 0 aliphatic carbocycles. The van der Waals surface area contributed by atoms with Gasteiger partial charge in [-0.25, -0.2) is 13.4 Å². The van der Waals surface area contributed by atoms with Crippen molar-refractivity contribution in [2.75, 3.05) is 17.3 Å². The van der Waals surface area contributed by atoms with Gasteiger partial charge < -0.3 is 13.7 Å². The van der Waals surface area contributed by atoms with Gasteiger partial charge in [0.05, 0.1) is 16.8 Å². The van der Waals surface area contributed by atoms with Crippen LogP contribution in [-0.4, -0.2) is 47.5 Å². The summed E-state index contributed by atoms with van der Waals surface area (Å²) in [5.74, 6) is -0.246. The second-order valence-electron chi connectivity index (χ2n) is 6.61. The van der Waals surface area contributed by atoms with Crippen LogP contribution in [0.4, 0.5) is 25.1 Å². The molecule has 174 valence electrons. The Bertz CT molecular complexity index is 1420. The van der Waals surface area contributed by atoms with Gasteiger partial charge in [0.15, 0.2) is 5.58 Å². The van der Waals surface area contributed by atoms with Crippen molar-refractivity contribution in [3.63, 3.8) is 0 Å². The number of nitrogens with zero attached hydrogens (tertiary/aromatic N) is 3. The fourth-order valence-electron chi connectivity index (χ4n) is 2.91. The van der Waals surface area contributed by atoms with Crippen molar-refractivity contribution in [3.8, 4) is 5.75 Å². The summed E-state index contributed by atoms with van der Waals surface area (Å²) in [6.45, 7) is 0.144. The first-order valence-electron chi connectivity index (χ1n) is 9.05. The molecule has 0 bridgehead atoms. The van der Waals surface area contributed by atoms with Crippen LogP contribution in [0.5, 0.6) is 5.75 Å². The largest absolute Gasteiger partial charge is 0.573 e. The van der Waals surface area contributed by atoms with Crippen LogP contribution in [-0.2, 0) is 26.0 Å². The number of aryl methyl sites for hydroxylation is 1. The molecule has 4 aromatic rings. The molecule has 0 unspecified atom stereocenters. The Kier molecular flexibility index (Phi) is 6.70. The lowest BCUT2D eigenvalue weighted by atomic mass is 10.3. The van der Waals surface area contributed by atoms with Crippen molar-refractivity contribution >= 4 is 50.1 Å². The number of sulfone groups is 1. The second kappa shape index (κ2) is 9.30. The molecule has 1 N–H and O–H groups in total. The number of carbonyl (C=O) groups excluding carboxylic acids is 2. The summed E-state index contributed by atoms with van der Waals surface area (Å²) in [5, 5.41) is 2.87. The zero-order valence-corrected chi connectivity index (χ0v) is 17.6. The average Bonchev–Trinajstić information content (AvgIpc) is 3.25. The lowest BCUT2D eigenvalue weighted by Gasteiger charge is -2.08. The monoisotopic (exact) mass is 484 g/mol. The van der Waals surface area contributed by atoms with Gasteiger partial charge in [-0.3, -0.25) is 5.32 Å². The molecule has 2 aromatic carbocycles. The van der Waals surface area contributed by atoms with Crippen LogP contribution >= 0.6 is 0 Å². The van der Waals surface area contributed by atoms with E-state index in [0.29, 0.717) is 16.6 Å². The topological polar surface area (TPSA) is 133 Å². The van der Waals surface area contributed by atoms with Gasteiger partial charge in [0.25, 0.3) is 0 Å². The Hall–Kier alpha value is -3.90. The summed E-state index contributed by atoms with van der Waals surface area (Å²) in [6, 6.07) is 10.7. The summed E-state index contributed by atoms with van der Waals surface area (Å²) in [4.78, 5) is 24.9. The molecule has 0 radical (unpaired) electrons. The molecule has 0 amide bonds. The predicted molar refractivity (Wildman–Crippen MR) is 108 cm³/mol. The number of nitrogens with one attached hydrogen (secondary N) is 1. The third-order valence-corrected chi connectivity index (χ3v) is 5.08. The van der Waals surface area contributed by atoms with E-state index in [1.54, 1.807) is 28.8 Å². The first-order valence-corrected chi connectivity index (χ1v) is 11.1. The number of hydrogen-bond acceptors (Lipinski definition) is 9. The molecule has 33 heavy (non-hydrogen) atoms. The number of benzene rings is 2. The van der Waals surface area contributed by atoms with Gasteiger partial charge in [-0.2, -0.15) is 14.6 Å². The molecule has 0 fully saturated rings. The van der Waals surface area contributed by atoms with E-state index < -0.39 is 21.9 Å². The summed E-state index contributed by atoms with van der Waals surface area (Å²) in [6.07, 6.45) is -3.43. The van der Waals surface area contributed by atoms with Gasteiger partial charge in [0.2, 0.25) is 5.95 Å². The Morgan fingerprint density at radius 1 is 1.12 bits per heavy atom. The van der Waals surface area contributed by atoms with Crippen LogP contribution in [0.3, 0.4) is 0 Å². The number of alkyl halides is 3. The third kappa shape index (κ3) is 6.30. The van der Waals surface area contributed by atoms with Crippen LogP contribution in [0.15, 0.2) is 46.9 Å². The molecular formula is C19H15F3N4O6S. The Labute approximate surface area is 183 Å². The van der Waals surface area contributed by atoms with Crippen molar-refractivity contribution in [2.45, 2.75) is 12.9 Å². The Morgan fingerprint density at radius 2 is 1.82 bits per heavy atom. The van der Waals surface area contributed by atoms with E-state index in [0.717, 1.165) is 18.4 Å². The molecule has 14 heteroatoms. The van der Waals surface area contributed by atoms with Crippen molar-refractivity contribution < 1.29 is 40.3 Å². The number of fused-ring (bicyclic) bond motifs is 2. The minimum Gasteiger partial charge on any atom is -0.423 e. The number of rotatable bonds is 6. The smallest absolute Gasteiger partial charge is 0.423 e. The zero-order valence-electron chi connectivity index (χ0n) is 16.8. The second-order valence-corrected chi connectivity index (χ2v) is 8.87. The molecule has 0 atom stereocenters. The van der Waals surface area contributed by atoms with Crippen molar-refractivity contribution in [2.24, 2.45) is 0 Å². The van der Waals surface area contributed by atoms with E-state index in [9.17, 15) is 21.6 Å². The fourth-order valence-corrected chi connectivity index (χ4v) is 3.42. The maximum Gasteiger partial charge on any atom is 0.573 e. The minimum absolute atomic E-state index is 0.00919. The molecule has 0 saturated carbocycles. The average molecular weight is 484 g/mol. The molecule has 0 aliphatic rings. The van der Waals surface area contributed by atoms with Crippen LogP contribution in [0, 0.1) is 0 Å². The molecule has 2 aromatic heterocycles. The van der Waals surface area contributed by atoms with Gasteiger partial charge in [-0.1, -0.05) is 12.1 Å². The number of aromatic nitrogens is 3. The molecule has 0 aliphatic heterocycles. The van der Waals surface area contributed by atoms with Crippen molar-refractivity contribution in [1.29, 1.82) is 0 Å². The number of ether oxygens (including phenoxy) is 1. The summed E-state index contributed by atoms with van der Waals surface area (Å²) in [5.41, 5.74) is 1.73.